The molecule has 2 heterocycles. The van der Waals surface area contributed by atoms with Crippen molar-refractivity contribution < 1.29 is 9.21 Å². The van der Waals surface area contributed by atoms with Gasteiger partial charge >= 0.3 is 0 Å². The Kier molecular flexibility index (Phi) is 3.72. The van der Waals surface area contributed by atoms with E-state index in [9.17, 15) is 4.79 Å². The van der Waals surface area contributed by atoms with Gasteiger partial charge < -0.3 is 9.32 Å². The fourth-order valence-corrected chi connectivity index (χ4v) is 2.46. The molecule has 1 saturated heterocycles. The zero-order valence-corrected chi connectivity index (χ0v) is 10.9. The van der Waals surface area contributed by atoms with Gasteiger partial charge in [-0.05, 0) is 32.6 Å². The van der Waals surface area contributed by atoms with Gasteiger partial charge in [-0.3, -0.25) is 4.79 Å². The third-order valence-electron chi connectivity index (χ3n) is 3.42. The monoisotopic (exact) mass is 256 g/mol. The molecule has 5 heteroatoms. The van der Waals surface area contributed by atoms with E-state index in [1.807, 2.05) is 11.8 Å². The lowest BCUT2D eigenvalue weighted by Gasteiger charge is -2.32. The highest BCUT2D eigenvalue weighted by molar-refractivity contribution is 6.20. The van der Waals surface area contributed by atoms with E-state index in [2.05, 4.69) is 4.98 Å². The molecule has 1 aliphatic heterocycles. The molecule has 1 fully saturated rings. The third kappa shape index (κ3) is 2.63. The Morgan fingerprint density at radius 2 is 2.24 bits per heavy atom. The molecule has 0 spiro atoms. The average molecular weight is 257 g/mol. The van der Waals surface area contributed by atoms with Gasteiger partial charge in [0.05, 0.1) is 5.69 Å². The first-order chi connectivity index (χ1) is 8.09. The van der Waals surface area contributed by atoms with Crippen molar-refractivity contribution in [3.8, 4) is 0 Å². The molecular weight excluding hydrogens is 240 g/mol. The number of oxazole rings is 1. The van der Waals surface area contributed by atoms with E-state index in [4.69, 9.17) is 16.0 Å². The van der Waals surface area contributed by atoms with Crippen LogP contribution in [0, 0.1) is 12.8 Å². The number of alkyl halides is 1. The fraction of sp³-hybridized carbons (Fsp3) is 0.667. The summed E-state index contributed by atoms with van der Waals surface area (Å²) in [6.45, 7) is 5.30. The average Bonchev–Trinajstić information content (AvgIpc) is 2.74. The van der Waals surface area contributed by atoms with Crippen molar-refractivity contribution in [3.05, 3.63) is 17.8 Å². The van der Waals surface area contributed by atoms with Crippen molar-refractivity contribution in [3.63, 3.8) is 0 Å². The van der Waals surface area contributed by atoms with Crippen LogP contribution in [0.5, 0.6) is 0 Å². The number of aryl methyl sites for hydroxylation is 1. The summed E-state index contributed by atoms with van der Waals surface area (Å²) in [5.74, 6) is 0.819. The van der Waals surface area contributed by atoms with Gasteiger partial charge in [0.15, 0.2) is 6.39 Å². The molecule has 4 nitrogen and oxygen atoms in total. The van der Waals surface area contributed by atoms with Crippen molar-refractivity contribution in [2.45, 2.75) is 32.1 Å². The number of nitrogens with zero attached hydrogens (tertiary/aromatic N) is 2. The maximum absolute atomic E-state index is 12.1. The molecule has 94 valence electrons. The van der Waals surface area contributed by atoms with Gasteiger partial charge in [-0.1, -0.05) is 0 Å². The van der Waals surface area contributed by atoms with Crippen LogP contribution in [-0.2, 0) is 0 Å². The van der Waals surface area contributed by atoms with E-state index in [-0.39, 0.29) is 11.3 Å². The first-order valence-electron chi connectivity index (χ1n) is 5.93. The standard InChI is InChI=1S/C12H17ClN2O2/c1-8(13)10-3-5-15(6-4-10)12(16)11-9(2)14-7-17-11/h7-8,10H,3-6H2,1-2H3. The molecule has 1 aromatic rings. The second kappa shape index (κ2) is 5.08. The highest BCUT2D eigenvalue weighted by atomic mass is 35.5. The molecule has 17 heavy (non-hydrogen) atoms. The van der Waals surface area contributed by atoms with Crippen LogP contribution in [0.1, 0.15) is 36.0 Å². The first-order valence-corrected chi connectivity index (χ1v) is 6.36. The molecule has 1 unspecified atom stereocenters. The summed E-state index contributed by atoms with van der Waals surface area (Å²) < 4.78 is 5.13. The first kappa shape index (κ1) is 12.4. The van der Waals surface area contributed by atoms with Crippen molar-refractivity contribution in [2.24, 2.45) is 5.92 Å². The second-order valence-corrected chi connectivity index (χ2v) is 5.26. The number of carbonyl (C=O) groups is 1. The van der Waals surface area contributed by atoms with Crippen LogP contribution in [0.25, 0.3) is 0 Å². The summed E-state index contributed by atoms with van der Waals surface area (Å²) in [6.07, 6.45) is 3.24. The Morgan fingerprint density at radius 3 is 2.71 bits per heavy atom. The Bertz CT molecular complexity index is 395. The van der Waals surface area contributed by atoms with Crippen molar-refractivity contribution in [1.82, 2.24) is 9.88 Å². The molecule has 1 atom stereocenters. The summed E-state index contributed by atoms with van der Waals surface area (Å²) in [7, 11) is 0. The van der Waals surface area contributed by atoms with E-state index in [1.54, 1.807) is 6.92 Å². The van der Waals surface area contributed by atoms with E-state index >= 15 is 0 Å². The van der Waals surface area contributed by atoms with Gasteiger partial charge in [-0.15, -0.1) is 11.6 Å². The molecule has 1 aromatic heterocycles. The van der Waals surface area contributed by atoms with Crippen molar-refractivity contribution >= 4 is 17.5 Å². The Balaban J connectivity index is 1.98. The molecule has 0 saturated carbocycles. The number of likely N-dealkylation sites (tertiary alicyclic amines) is 1. The molecule has 0 radical (unpaired) electrons. The van der Waals surface area contributed by atoms with Gasteiger partial charge in [0.2, 0.25) is 5.76 Å². The molecule has 0 aliphatic carbocycles. The molecule has 1 amide bonds. The van der Waals surface area contributed by atoms with Crippen LogP contribution in [0.3, 0.4) is 0 Å². The van der Waals surface area contributed by atoms with Crippen LogP contribution >= 0.6 is 11.6 Å². The third-order valence-corrected chi connectivity index (χ3v) is 3.77. The van der Waals surface area contributed by atoms with E-state index in [0.717, 1.165) is 25.9 Å². The van der Waals surface area contributed by atoms with E-state index in [0.29, 0.717) is 17.4 Å². The van der Waals surface area contributed by atoms with Gasteiger partial charge in [0.25, 0.3) is 5.91 Å². The molecule has 2 rings (SSSR count). The normalized spacial score (nSPS) is 19.4. The van der Waals surface area contributed by atoms with Gasteiger partial charge in [0, 0.05) is 18.5 Å². The van der Waals surface area contributed by atoms with Crippen LogP contribution < -0.4 is 0 Å². The summed E-state index contributed by atoms with van der Waals surface area (Å²) in [4.78, 5) is 17.9. The van der Waals surface area contributed by atoms with Gasteiger partial charge in [-0.2, -0.15) is 0 Å². The number of piperidine rings is 1. The summed E-state index contributed by atoms with van der Waals surface area (Å²) in [6, 6.07) is 0. The van der Waals surface area contributed by atoms with Gasteiger partial charge in [0.1, 0.15) is 0 Å². The topological polar surface area (TPSA) is 46.3 Å². The highest BCUT2D eigenvalue weighted by Gasteiger charge is 2.28. The van der Waals surface area contributed by atoms with Crippen LogP contribution in [0.4, 0.5) is 0 Å². The Morgan fingerprint density at radius 1 is 1.59 bits per heavy atom. The minimum absolute atomic E-state index is 0.0549. The number of carbonyl (C=O) groups excluding carboxylic acids is 1. The Hall–Kier alpha value is -1.03. The summed E-state index contributed by atoms with van der Waals surface area (Å²) >= 11 is 6.08. The van der Waals surface area contributed by atoms with Gasteiger partial charge in [-0.25, -0.2) is 4.98 Å². The SMILES string of the molecule is Cc1ncoc1C(=O)N1CCC(C(C)Cl)CC1. The number of hydrogen-bond donors (Lipinski definition) is 0. The zero-order chi connectivity index (χ0) is 12.4. The number of amides is 1. The smallest absolute Gasteiger partial charge is 0.291 e. The van der Waals surface area contributed by atoms with E-state index in [1.165, 1.54) is 6.39 Å². The van der Waals surface area contributed by atoms with Crippen LogP contribution in [0.15, 0.2) is 10.8 Å². The number of hydrogen-bond acceptors (Lipinski definition) is 3. The minimum Gasteiger partial charge on any atom is -0.438 e. The minimum atomic E-state index is -0.0549. The van der Waals surface area contributed by atoms with Crippen molar-refractivity contribution in [1.29, 1.82) is 0 Å². The summed E-state index contributed by atoms with van der Waals surface area (Å²) in [5, 5.41) is 0.180. The lowest BCUT2D eigenvalue weighted by molar-refractivity contribution is 0.0657. The maximum Gasteiger partial charge on any atom is 0.291 e. The largest absolute Gasteiger partial charge is 0.438 e. The van der Waals surface area contributed by atoms with Crippen LogP contribution in [0.2, 0.25) is 0 Å². The fourth-order valence-electron chi connectivity index (χ4n) is 2.21. The highest BCUT2D eigenvalue weighted by Crippen LogP contribution is 2.25. The van der Waals surface area contributed by atoms with Crippen LogP contribution in [-0.4, -0.2) is 34.3 Å². The Labute approximate surface area is 106 Å². The molecule has 0 bridgehead atoms. The number of aromatic nitrogens is 1. The van der Waals surface area contributed by atoms with Crippen molar-refractivity contribution in [2.75, 3.05) is 13.1 Å². The quantitative estimate of drug-likeness (QED) is 0.764. The predicted molar refractivity (Wildman–Crippen MR) is 65.2 cm³/mol. The lowest BCUT2D eigenvalue weighted by Crippen LogP contribution is -2.40. The number of halogens is 1. The number of rotatable bonds is 2. The molecular formula is C12H17ClN2O2. The van der Waals surface area contributed by atoms with E-state index < -0.39 is 0 Å². The molecule has 1 aliphatic rings. The zero-order valence-electron chi connectivity index (χ0n) is 10.1. The maximum atomic E-state index is 12.1. The summed E-state index contributed by atoms with van der Waals surface area (Å²) in [5.41, 5.74) is 0.655. The second-order valence-electron chi connectivity index (χ2n) is 4.57. The lowest BCUT2D eigenvalue weighted by atomic mass is 9.94. The predicted octanol–water partition coefficient (Wildman–Crippen LogP) is 2.46. The molecule has 0 aromatic carbocycles. The molecule has 0 N–H and O–H groups in total.